The maximum Gasteiger partial charge on any atom is 0.227 e. The highest BCUT2D eigenvalue weighted by Crippen LogP contribution is 2.37. The highest BCUT2D eigenvalue weighted by atomic mass is 16.3. The van der Waals surface area contributed by atoms with Gasteiger partial charge in [0, 0.05) is 29.5 Å². The minimum Gasteiger partial charge on any atom is -0.437 e. The van der Waals surface area contributed by atoms with E-state index in [-0.39, 0.29) is 0 Å². The minimum atomic E-state index is -0.684. The molecule has 0 aliphatic heterocycles. The maximum absolute atomic E-state index is 8.72. The van der Waals surface area contributed by atoms with Gasteiger partial charge in [0.1, 0.15) is 7.05 Å². The number of hydrogen-bond acceptors (Lipinski definition) is 2. The zero-order valence-electron chi connectivity index (χ0n) is 18.8. The van der Waals surface area contributed by atoms with Crippen molar-refractivity contribution in [2.75, 3.05) is 0 Å². The van der Waals surface area contributed by atoms with E-state index in [1.54, 1.807) is 0 Å². The third kappa shape index (κ3) is 2.90. The van der Waals surface area contributed by atoms with Crippen molar-refractivity contribution in [1.82, 2.24) is 4.98 Å². The van der Waals surface area contributed by atoms with Gasteiger partial charge in [0.2, 0.25) is 11.4 Å². The molecule has 0 saturated heterocycles. The highest BCUT2D eigenvalue weighted by Gasteiger charge is 2.24. The summed E-state index contributed by atoms with van der Waals surface area (Å²) in [6.45, 7) is 12.4. The minimum absolute atomic E-state index is 0.352. The monoisotopic (exact) mass is 374 g/mol. The summed E-state index contributed by atoms with van der Waals surface area (Å²) in [5.41, 5.74) is 8.03. The number of pyridine rings is 2. The van der Waals surface area contributed by atoms with E-state index in [2.05, 4.69) is 67.8 Å². The molecule has 0 atom stereocenters. The Bertz CT molecular complexity index is 1250. The lowest BCUT2D eigenvalue weighted by Gasteiger charge is -2.16. The van der Waals surface area contributed by atoms with Crippen LogP contribution in [0.4, 0.5) is 0 Å². The van der Waals surface area contributed by atoms with Gasteiger partial charge in [0.05, 0.1) is 5.56 Å². The lowest BCUT2D eigenvalue weighted by atomic mass is 9.90. The quantitative estimate of drug-likeness (QED) is 0.392. The molecule has 0 N–H and O–H groups in total. The Hall–Kier alpha value is -2.68. The average molecular weight is 375 g/mol. The van der Waals surface area contributed by atoms with E-state index in [1.807, 2.05) is 26.8 Å². The number of nitrogens with zero attached hydrogens (tertiary/aromatic N) is 2. The van der Waals surface area contributed by atoms with Gasteiger partial charge in [-0.3, -0.25) is 0 Å². The van der Waals surface area contributed by atoms with Crippen LogP contribution in [0, 0.1) is 13.8 Å². The number of aromatic nitrogens is 2. The smallest absolute Gasteiger partial charge is 0.227 e. The number of hydrogen-bond donors (Lipinski definition) is 0. The van der Waals surface area contributed by atoms with Crippen molar-refractivity contribution in [1.29, 1.82) is 0 Å². The SMILES string of the molecule is [2H]C(C)(C)c1cc(-c2c(C)ccc3c2oc2nc(C)ccc23)[n+](C)cc1C(C)C. The summed E-state index contributed by atoms with van der Waals surface area (Å²) in [7, 11) is 2.07. The van der Waals surface area contributed by atoms with Gasteiger partial charge < -0.3 is 4.42 Å². The van der Waals surface area contributed by atoms with Gasteiger partial charge in [-0.15, -0.1) is 0 Å². The molecule has 0 unspecified atom stereocenters. The molecule has 3 nitrogen and oxygen atoms in total. The molecular formula is C25H29N2O+. The summed E-state index contributed by atoms with van der Waals surface area (Å²) in [6, 6.07) is 10.6. The predicted molar refractivity (Wildman–Crippen MR) is 116 cm³/mol. The number of aryl methyl sites for hydroxylation is 3. The molecule has 0 aliphatic carbocycles. The van der Waals surface area contributed by atoms with E-state index in [4.69, 9.17) is 5.79 Å². The number of benzene rings is 1. The fraction of sp³-hybridized carbons (Fsp3) is 0.360. The number of rotatable bonds is 3. The van der Waals surface area contributed by atoms with Crippen LogP contribution in [0.25, 0.3) is 33.3 Å². The van der Waals surface area contributed by atoms with Crippen LogP contribution < -0.4 is 4.57 Å². The zero-order valence-corrected chi connectivity index (χ0v) is 17.8. The molecule has 144 valence electrons. The van der Waals surface area contributed by atoms with Crippen LogP contribution in [0.15, 0.2) is 40.9 Å². The first-order valence-electron chi connectivity index (χ1n) is 10.4. The van der Waals surface area contributed by atoms with Crippen LogP contribution in [0.5, 0.6) is 0 Å². The molecule has 0 fully saturated rings. The predicted octanol–water partition coefficient (Wildman–Crippen LogP) is 6.34. The average Bonchev–Trinajstić information content (AvgIpc) is 2.98. The molecule has 3 aromatic heterocycles. The van der Waals surface area contributed by atoms with Gasteiger partial charge in [-0.1, -0.05) is 39.8 Å². The van der Waals surface area contributed by atoms with Gasteiger partial charge in [-0.25, -0.2) is 9.55 Å². The van der Waals surface area contributed by atoms with Crippen LogP contribution in [-0.4, -0.2) is 4.98 Å². The Morgan fingerprint density at radius 1 is 1.00 bits per heavy atom. The lowest BCUT2D eigenvalue weighted by Crippen LogP contribution is -2.32. The molecule has 0 aliphatic rings. The molecule has 0 spiro atoms. The summed E-state index contributed by atoms with van der Waals surface area (Å²) in [5, 5.41) is 2.11. The summed E-state index contributed by atoms with van der Waals surface area (Å²) < 4.78 is 17.2. The third-order valence-electron chi connectivity index (χ3n) is 5.58. The van der Waals surface area contributed by atoms with E-state index in [9.17, 15) is 0 Å². The highest BCUT2D eigenvalue weighted by molar-refractivity contribution is 6.08. The molecule has 3 heterocycles. The fourth-order valence-corrected chi connectivity index (χ4v) is 4.04. The molecule has 28 heavy (non-hydrogen) atoms. The number of fused-ring (bicyclic) bond motifs is 3. The molecule has 4 aromatic rings. The standard InChI is InChI=1S/C25H29N2O/c1-14(2)20-12-22(27(7)13-21(20)15(3)4)23-16(5)8-10-18-19-11-9-17(6)26-25(19)28-24(18)23/h8-15H,1-7H3/q+1/i14D. The van der Waals surface area contributed by atoms with Gasteiger partial charge in [0.25, 0.3) is 0 Å². The van der Waals surface area contributed by atoms with Crippen LogP contribution in [0.2, 0.25) is 0 Å². The van der Waals surface area contributed by atoms with Crippen LogP contribution >= 0.6 is 0 Å². The Morgan fingerprint density at radius 2 is 1.71 bits per heavy atom. The van der Waals surface area contributed by atoms with Crippen molar-refractivity contribution in [3.63, 3.8) is 0 Å². The number of furan rings is 1. The summed E-state index contributed by atoms with van der Waals surface area (Å²) >= 11 is 0. The van der Waals surface area contributed by atoms with Gasteiger partial charge >= 0.3 is 0 Å². The van der Waals surface area contributed by atoms with Crippen molar-refractivity contribution in [2.45, 2.75) is 53.4 Å². The van der Waals surface area contributed by atoms with Crippen LogP contribution in [0.1, 0.15) is 63.3 Å². The molecule has 1 aromatic carbocycles. The molecule has 0 radical (unpaired) electrons. The van der Waals surface area contributed by atoms with Crippen molar-refractivity contribution in [2.24, 2.45) is 7.05 Å². The zero-order chi connectivity index (χ0) is 21.1. The molecule has 0 bridgehead atoms. The third-order valence-corrected chi connectivity index (χ3v) is 5.58. The first-order valence-corrected chi connectivity index (χ1v) is 9.92. The van der Waals surface area contributed by atoms with E-state index in [1.165, 1.54) is 5.56 Å². The molecular weight excluding hydrogens is 344 g/mol. The van der Waals surface area contributed by atoms with E-state index in [0.29, 0.717) is 11.6 Å². The van der Waals surface area contributed by atoms with Gasteiger partial charge in [-0.2, -0.15) is 0 Å². The summed E-state index contributed by atoms with van der Waals surface area (Å²) in [4.78, 5) is 4.59. The van der Waals surface area contributed by atoms with Crippen molar-refractivity contribution >= 4 is 22.1 Å². The Kier molecular flexibility index (Phi) is 4.19. The first-order chi connectivity index (χ1) is 13.6. The van der Waals surface area contributed by atoms with E-state index < -0.39 is 5.89 Å². The second kappa shape index (κ2) is 6.73. The first kappa shape index (κ1) is 17.4. The molecule has 3 heteroatoms. The Labute approximate surface area is 168 Å². The maximum atomic E-state index is 8.72. The van der Waals surface area contributed by atoms with Crippen molar-refractivity contribution in [3.05, 3.63) is 58.9 Å². The summed E-state index contributed by atoms with van der Waals surface area (Å²) in [6.07, 6.45) is 2.18. The summed E-state index contributed by atoms with van der Waals surface area (Å²) in [5.74, 6) is -0.332. The Balaban J connectivity index is 2.09. The van der Waals surface area contributed by atoms with Crippen LogP contribution in [-0.2, 0) is 7.05 Å². The van der Waals surface area contributed by atoms with Crippen molar-refractivity contribution < 1.29 is 10.4 Å². The van der Waals surface area contributed by atoms with Crippen molar-refractivity contribution in [3.8, 4) is 11.3 Å². The van der Waals surface area contributed by atoms with Crippen LogP contribution in [0.3, 0.4) is 0 Å². The van der Waals surface area contributed by atoms with Gasteiger partial charge in [0.15, 0.2) is 11.8 Å². The van der Waals surface area contributed by atoms with E-state index in [0.717, 1.165) is 44.4 Å². The topological polar surface area (TPSA) is 29.9 Å². The molecule has 4 rings (SSSR count). The fourth-order valence-electron chi connectivity index (χ4n) is 4.04. The molecule has 0 amide bonds. The van der Waals surface area contributed by atoms with E-state index >= 15 is 0 Å². The lowest BCUT2D eigenvalue weighted by molar-refractivity contribution is -0.660. The Morgan fingerprint density at radius 3 is 2.39 bits per heavy atom. The van der Waals surface area contributed by atoms with Gasteiger partial charge in [-0.05, 0) is 48.9 Å². The largest absolute Gasteiger partial charge is 0.437 e. The normalized spacial score (nSPS) is 12.9. The molecule has 0 saturated carbocycles. The second-order valence-electron chi connectivity index (χ2n) is 8.33. The second-order valence-corrected chi connectivity index (χ2v) is 8.33.